The van der Waals surface area contributed by atoms with Gasteiger partial charge in [0.15, 0.2) is 0 Å². The third-order valence-electron chi connectivity index (χ3n) is 2.60. The lowest BCUT2D eigenvalue weighted by Gasteiger charge is -2.10. The second-order valence-corrected chi connectivity index (χ2v) is 3.77. The molecule has 0 fully saturated rings. The third kappa shape index (κ3) is 2.48. The SMILES string of the molecule is Cc1ccc(C)c(CCCCN)c1O. The van der Waals surface area contributed by atoms with E-state index in [-0.39, 0.29) is 0 Å². The van der Waals surface area contributed by atoms with Crippen molar-refractivity contribution in [1.29, 1.82) is 0 Å². The van der Waals surface area contributed by atoms with E-state index in [1.807, 2.05) is 19.9 Å². The van der Waals surface area contributed by atoms with Gasteiger partial charge in [-0.05, 0) is 56.3 Å². The van der Waals surface area contributed by atoms with E-state index in [1.165, 1.54) is 5.56 Å². The van der Waals surface area contributed by atoms with Gasteiger partial charge in [0.05, 0.1) is 0 Å². The van der Waals surface area contributed by atoms with Crippen LogP contribution in [0.25, 0.3) is 0 Å². The average molecular weight is 193 g/mol. The van der Waals surface area contributed by atoms with Crippen LogP contribution in [0.3, 0.4) is 0 Å². The predicted octanol–water partition coefficient (Wildman–Crippen LogP) is 2.29. The van der Waals surface area contributed by atoms with Crippen molar-refractivity contribution in [3.63, 3.8) is 0 Å². The molecule has 3 N–H and O–H groups in total. The van der Waals surface area contributed by atoms with Crippen LogP contribution in [0.1, 0.15) is 29.5 Å². The summed E-state index contributed by atoms with van der Waals surface area (Å²) in [5.74, 6) is 0.460. The van der Waals surface area contributed by atoms with Crippen LogP contribution in [0.2, 0.25) is 0 Å². The van der Waals surface area contributed by atoms with Gasteiger partial charge in [0.1, 0.15) is 5.75 Å². The lowest BCUT2D eigenvalue weighted by molar-refractivity contribution is 0.462. The number of phenolic OH excluding ortho intramolecular Hbond substituents is 1. The Bertz CT molecular complexity index is 307. The number of benzene rings is 1. The first-order valence-corrected chi connectivity index (χ1v) is 5.15. The molecule has 2 nitrogen and oxygen atoms in total. The molecule has 0 heterocycles. The Kier molecular flexibility index (Phi) is 3.96. The zero-order valence-corrected chi connectivity index (χ0v) is 9.01. The van der Waals surface area contributed by atoms with Gasteiger partial charge < -0.3 is 10.8 Å². The zero-order chi connectivity index (χ0) is 10.6. The van der Waals surface area contributed by atoms with Gasteiger partial charge in [-0.2, -0.15) is 0 Å². The summed E-state index contributed by atoms with van der Waals surface area (Å²) in [6, 6.07) is 4.02. The lowest BCUT2D eigenvalue weighted by atomic mass is 9.99. The van der Waals surface area contributed by atoms with Crippen molar-refractivity contribution in [2.24, 2.45) is 5.73 Å². The highest BCUT2D eigenvalue weighted by molar-refractivity contribution is 5.44. The summed E-state index contributed by atoms with van der Waals surface area (Å²) in [5.41, 5.74) is 8.65. The van der Waals surface area contributed by atoms with Crippen molar-refractivity contribution in [2.75, 3.05) is 6.54 Å². The minimum Gasteiger partial charge on any atom is -0.507 e. The van der Waals surface area contributed by atoms with E-state index in [0.717, 1.165) is 36.9 Å². The Morgan fingerprint density at radius 1 is 1.14 bits per heavy atom. The monoisotopic (exact) mass is 193 g/mol. The van der Waals surface area contributed by atoms with Gasteiger partial charge in [0, 0.05) is 0 Å². The summed E-state index contributed by atoms with van der Waals surface area (Å²) in [7, 11) is 0. The molecule has 0 atom stereocenters. The number of nitrogens with two attached hydrogens (primary N) is 1. The summed E-state index contributed by atoms with van der Waals surface area (Å²) in [6.45, 7) is 4.70. The van der Waals surface area contributed by atoms with E-state index in [0.29, 0.717) is 5.75 Å². The average Bonchev–Trinajstić information content (AvgIpc) is 2.18. The molecule has 0 bridgehead atoms. The highest BCUT2D eigenvalue weighted by Gasteiger charge is 2.06. The lowest BCUT2D eigenvalue weighted by Crippen LogP contribution is -2.00. The van der Waals surface area contributed by atoms with E-state index < -0.39 is 0 Å². The Labute approximate surface area is 85.8 Å². The molecule has 0 aliphatic rings. The minimum absolute atomic E-state index is 0.460. The van der Waals surface area contributed by atoms with Gasteiger partial charge >= 0.3 is 0 Å². The van der Waals surface area contributed by atoms with E-state index >= 15 is 0 Å². The van der Waals surface area contributed by atoms with Crippen molar-refractivity contribution >= 4 is 0 Å². The molecule has 1 rings (SSSR count). The molecule has 0 aromatic heterocycles. The molecular weight excluding hydrogens is 174 g/mol. The van der Waals surface area contributed by atoms with Crippen molar-refractivity contribution in [3.05, 3.63) is 28.8 Å². The molecule has 1 aromatic rings. The first-order valence-electron chi connectivity index (χ1n) is 5.15. The topological polar surface area (TPSA) is 46.2 Å². The molecule has 0 radical (unpaired) electrons. The smallest absolute Gasteiger partial charge is 0.121 e. The van der Waals surface area contributed by atoms with Gasteiger partial charge in [0.25, 0.3) is 0 Å². The molecule has 78 valence electrons. The molecule has 1 aromatic carbocycles. The van der Waals surface area contributed by atoms with Crippen molar-refractivity contribution < 1.29 is 5.11 Å². The number of unbranched alkanes of at least 4 members (excludes halogenated alkanes) is 1. The quantitative estimate of drug-likeness (QED) is 0.721. The van der Waals surface area contributed by atoms with Crippen LogP contribution in [0.5, 0.6) is 5.75 Å². The molecule has 0 saturated carbocycles. The highest BCUT2D eigenvalue weighted by atomic mass is 16.3. The molecule has 0 aliphatic heterocycles. The zero-order valence-electron chi connectivity index (χ0n) is 9.01. The molecule has 2 heteroatoms. The van der Waals surface area contributed by atoms with Crippen molar-refractivity contribution in [2.45, 2.75) is 33.1 Å². The Morgan fingerprint density at radius 3 is 2.43 bits per heavy atom. The summed E-state index contributed by atoms with van der Waals surface area (Å²) in [5, 5.41) is 9.85. The van der Waals surface area contributed by atoms with Gasteiger partial charge in [0.2, 0.25) is 0 Å². The van der Waals surface area contributed by atoms with Crippen LogP contribution in [0.4, 0.5) is 0 Å². The van der Waals surface area contributed by atoms with Crippen molar-refractivity contribution in [1.82, 2.24) is 0 Å². The fourth-order valence-electron chi connectivity index (χ4n) is 1.62. The van der Waals surface area contributed by atoms with Crippen molar-refractivity contribution in [3.8, 4) is 5.75 Å². The standard InChI is InChI=1S/C12H19NO/c1-9-6-7-10(2)12(14)11(9)5-3-4-8-13/h6-7,14H,3-5,8,13H2,1-2H3. The van der Waals surface area contributed by atoms with E-state index in [1.54, 1.807) is 0 Å². The van der Waals surface area contributed by atoms with Gasteiger partial charge in [-0.3, -0.25) is 0 Å². The maximum atomic E-state index is 9.85. The number of aromatic hydroxyl groups is 1. The first kappa shape index (κ1) is 11.1. The number of hydrogen-bond acceptors (Lipinski definition) is 2. The normalized spacial score (nSPS) is 10.5. The summed E-state index contributed by atoms with van der Waals surface area (Å²) in [4.78, 5) is 0. The molecule has 0 spiro atoms. The number of phenols is 1. The maximum absolute atomic E-state index is 9.85. The third-order valence-corrected chi connectivity index (χ3v) is 2.60. The van der Waals surface area contributed by atoms with E-state index in [9.17, 15) is 5.11 Å². The van der Waals surface area contributed by atoms with Gasteiger partial charge in [-0.1, -0.05) is 12.1 Å². The minimum atomic E-state index is 0.460. The highest BCUT2D eigenvalue weighted by Crippen LogP contribution is 2.26. The molecule has 0 unspecified atom stereocenters. The fourth-order valence-corrected chi connectivity index (χ4v) is 1.62. The molecular formula is C12H19NO. The van der Waals surface area contributed by atoms with Crippen LogP contribution in [0, 0.1) is 13.8 Å². The predicted molar refractivity (Wildman–Crippen MR) is 59.6 cm³/mol. The first-order chi connectivity index (χ1) is 6.66. The second-order valence-electron chi connectivity index (χ2n) is 3.77. The molecule has 14 heavy (non-hydrogen) atoms. The Balaban J connectivity index is 2.79. The van der Waals surface area contributed by atoms with E-state index in [2.05, 4.69) is 6.07 Å². The molecule has 0 saturated heterocycles. The fraction of sp³-hybridized carbons (Fsp3) is 0.500. The van der Waals surface area contributed by atoms with Crippen LogP contribution in [-0.2, 0) is 6.42 Å². The summed E-state index contributed by atoms with van der Waals surface area (Å²) >= 11 is 0. The number of rotatable bonds is 4. The Morgan fingerprint density at radius 2 is 1.79 bits per heavy atom. The Hall–Kier alpha value is -1.02. The van der Waals surface area contributed by atoms with Crippen LogP contribution < -0.4 is 5.73 Å². The summed E-state index contributed by atoms with van der Waals surface area (Å²) in [6.07, 6.45) is 3.00. The van der Waals surface area contributed by atoms with Gasteiger partial charge in [-0.25, -0.2) is 0 Å². The summed E-state index contributed by atoms with van der Waals surface area (Å²) < 4.78 is 0. The number of aryl methyl sites for hydroxylation is 2. The molecule has 0 aliphatic carbocycles. The van der Waals surface area contributed by atoms with Crippen LogP contribution in [-0.4, -0.2) is 11.7 Å². The largest absolute Gasteiger partial charge is 0.507 e. The maximum Gasteiger partial charge on any atom is 0.121 e. The van der Waals surface area contributed by atoms with Crippen LogP contribution in [0.15, 0.2) is 12.1 Å². The molecule has 0 amide bonds. The second kappa shape index (κ2) is 5.01. The van der Waals surface area contributed by atoms with E-state index in [4.69, 9.17) is 5.73 Å². The van der Waals surface area contributed by atoms with Crippen LogP contribution >= 0.6 is 0 Å². The number of hydrogen-bond donors (Lipinski definition) is 2. The van der Waals surface area contributed by atoms with Gasteiger partial charge in [-0.15, -0.1) is 0 Å².